The lowest BCUT2D eigenvalue weighted by atomic mass is 10.1. The molecule has 0 aliphatic carbocycles. The Morgan fingerprint density at radius 3 is 2.84 bits per heavy atom. The molecule has 0 radical (unpaired) electrons. The van der Waals surface area contributed by atoms with Gasteiger partial charge in [-0.25, -0.2) is 4.98 Å². The van der Waals surface area contributed by atoms with Crippen molar-refractivity contribution in [2.75, 3.05) is 12.4 Å². The number of thioether (sulfide) groups is 1. The minimum Gasteiger partial charge on any atom is -0.326 e. The van der Waals surface area contributed by atoms with Crippen LogP contribution in [0, 0.1) is 13.8 Å². The highest BCUT2D eigenvalue weighted by Crippen LogP contribution is 2.31. The van der Waals surface area contributed by atoms with Crippen LogP contribution in [0.5, 0.6) is 0 Å². The van der Waals surface area contributed by atoms with Crippen molar-refractivity contribution in [2.45, 2.75) is 25.5 Å². The summed E-state index contributed by atoms with van der Waals surface area (Å²) in [4.78, 5) is 34.6. The second kappa shape index (κ2) is 7.37. The van der Waals surface area contributed by atoms with Crippen molar-refractivity contribution >= 4 is 50.9 Å². The number of aliphatic imine (C=N–C) groups is 1. The number of rotatable bonds is 4. The summed E-state index contributed by atoms with van der Waals surface area (Å²) < 4.78 is 0. The number of benzene rings is 1. The molecule has 1 N–H and O–H groups in total. The van der Waals surface area contributed by atoms with E-state index in [1.807, 2.05) is 37.4 Å². The lowest BCUT2D eigenvalue weighted by molar-refractivity contribution is -0.127. The van der Waals surface area contributed by atoms with Crippen LogP contribution in [0.2, 0.25) is 0 Å². The Morgan fingerprint density at radius 1 is 1.36 bits per heavy atom. The van der Waals surface area contributed by atoms with Gasteiger partial charge in [-0.2, -0.15) is 4.99 Å². The summed E-state index contributed by atoms with van der Waals surface area (Å²) in [7, 11) is 1.67. The van der Waals surface area contributed by atoms with Crippen molar-refractivity contribution in [2.24, 2.45) is 4.99 Å². The average molecular weight is 374 g/mol. The van der Waals surface area contributed by atoms with Gasteiger partial charge in [-0.3, -0.25) is 14.5 Å². The third kappa shape index (κ3) is 4.08. The molecule has 0 spiro atoms. The van der Waals surface area contributed by atoms with Crippen molar-refractivity contribution in [1.82, 2.24) is 9.88 Å². The van der Waals surface area contributed by atoms with E-state index in [1.54, 1.807) is 13.2 Å². The number of anilines is 1. The van der Waals surface area contributed by atoms with E-state index in [0.29, 0.717) is 10.3 Å². The molecule has 1 aliphatic rings. The van der Waals surface area contributed by atoms with E-state index in [1.165, 1.54) is 33.6 Å². The Hall–Kier alpha value is -2.19. The van der Waals surface area contributed by atoms with Crippen LogP contribution in [0.3, 0.4) is 0 Å². The lowest BCUT2D eigenvalue weighted by Gasteiger charge is -2.10. The summed E-state index contributed by atoms with van der Waals surface area (Å²) in [5.74, 6) is -0.298. The summed E-state index contributed by atoms with van der Waals surface area (Å²) in [6, 6.07) is 5.76. The summed E-state index contributed by atoms with van der Waals surface area (Å²) in [6.07, 6.45) is 1.78. The normalized spacial score (nSPS) is 18.8. The van der Waals surface area contributed by atoms with Crippen molar-refractivity contribution in [1.29, 1.82) is 0 Å². The van der Waals surface area contributed by atoms with Crippen LogP contribution in [-0.4, -0.2) is 39.2 Å². The number of thiazole rings is 1. The first kappa shape index (κ1) is 17.6. The topological polar surface area (TPSA) is 74.7 Å². The first-order valence-electron chi connectivity index (χ1n) is 7.73. The van der Waals surface area contributed by atoms with Gasteiger partial charge in [0.05, 0.1) is 0 Å². The van der Waals surface area contributed by atoms with Gasteiger partial charge in [0.15, 0.2) is 5.17 Å². The van der Waals surface area contributed by atoms with Gasteiger partial charge in [0.1, 0.15) is 5.25 Å². The number of amidine groups is 1. The number of carbonyl (C=O) groups excluding carboxylic acids is 2. The largest absolute Gasteiger partial charge is 0.326 e. The molecule has 0 saturated carbocycles. The Bertz CT molecular complexity index is 833. The fourth-order valence-corrected chi connectivity index (χ4v) is 4.05. The van der Waals surface area contributed by atoms with Crippen LogP contribution in [0.15, 0.2) is 34.8 Å². The number of hydrogen-bond acceptors (Lipinski definition) is 6. The van der Waals surface area contributed by atoms with Crippen molar-refractivity contribution < 1.29 is 9.59 Å². The monoisotopic (exact) mass is 374 g/mol. The van der Waals surface area contributed by atoms with Crippen LogP contribution in [-0.2, 0) is 9.59 Å². The molecule has 6 nitrogen and oxygen atoms in total. The quantitative estimate of drug-likeness (QED) is 0.890. The van der Waals surface area contributed by atoms with Crippen LogP contribution in [0.4, 0.5) is 10.8 Å². The predicted molar refractivity (Wildman–Crippen MR) is 103 cm³/mol. The standard InChI is InChI=1S/C17H18N4O2S2/c1-10-4-5-12(8-11(10)2)19-14(22)9-13-15(23)21(3)17(25-13)20-16-18-6-7-24-16/h4-8,13H,9H2,1-3H3,(H,19,22). The molecule has 2 heterocycles. The third-order valence-electron chi connectivity index (χ3n) is 3.91. The molecule has 2 amide bonds. The molecule has 130 valence electrons. The Labute approximate surface area is 154 Å². The highest BCUT2D eigenvalue weighted by molar-refractivity contribution is 8.15. The third-order valence-corrected chi connectivity index (χ3v) is 5.81. The van der Waals surface area contributed by atoms with Gasteiger partial charge in [0.25, 0.3) is 0 Å². The number of hydrogen-bond donors (Lipinski definition) is 1. The molecular formula is C17H18N4O2S2. The highest BCUT2D eigenvalue weighted by atomic mass is 32.2. The Kier molecular flexibility index (Phi) is 5.19. The zero-order valence-corrected chi connectivity index (χ0v) is 15.8. The molecule has 2 aromatic rings. The van der Waals surface area contributed by atoms with Gasteiger partial charge >= 0.3 is 0 Å². The van der Waals surface area contributed by atoms with E-state index in [-0.39, 0.29) is 18.2 Å². The molecule has 3 rings (SSSR count). The van der Waals surface area contributed by atoms with Gasteiger partial charge in [0, 0.05) is 30.7 Å². The van der Waals surface area contributed by atoms with E-state index in [2.05, 4.69) is 15.3 Å². The Morgan fingerprint density at radius 2 is 2.16 bits per heavy atom. The molecule has 25 heavy (non-hydrogen) atoms. The first-order valence-corrected chi connectivity index (χ1v) is 9.49. The highest BCUT2D eigenvalue weighted by Gasteiger charge is 2.37. The number of aryl methyl sites for hydroxylation is 2. The van der Waals surface area contributed by atoms with E-state index in [9.17, 15) is 9.59 Å². The molecule has 1 atom stereocenters. The van der Waals surface area contributed by atoms with E-state index < -0.39 is 5.25 Å². The zero-order chi connectivity index (χ0) is 18.0. The van der Waals surface area contributed by atoms with Crippen LogP contribution >= 0.6 is 23.1 Å². The fourth-order valence-electron chi connectivity index (χ4n) is 2.35. The Balaban J connectivity index is 1.65. The summed E-state index contributed by atoms with van der Waals surface area (Å²) in [6.45, 7) is 4.02. The second-order valence-electron chi connectivity index (χ2n) is 5.76. The number of carbonyl (C=O) groups is 2. The van der Waals surface area contributed by atoms with E-state index in [4.69, 9.17) is 0 Å². The summed E-state index contributed by atoms with van der Waals surface area (Å²) in [5, 5.41) is 5.40. The number of nitrogens with zero attached hydrogens (tertiary/aromatic N) is 3. The van der Waals surface area contributed by atoms with Gasteiger partial charge in [0.2, 0.25) is 16.9 Å². The molecule has 8 heteroatoms. The summed E-state index contributed by atoms with van der Waals surface area (Å²) in [5.41, 5.74) is 3.03. The maximum absolute atomic E-state index is 12.4. The zero-order valence-electron chi connectivity index (χ0n) is 14.1. The molecule has 0 bridgehead atoms. The van der Waals surface area contributed by atoms with Crippen molar-refractivity contribution in [3.63, 3.8) is 0 Å². The number of nitrogens with one attached hydrogen (secondary N) is 1. The molecule has 1 unspecified atom stereocenters. The molecule has 1 aromatic carbocycles. The lowest BCUT2D eigenvalue weighted by Crippen LogP contribution is -2.30. The minimum absolute atomic E-state index is 0.109. The van der Waals surface area contributed by atoms with Crippen molar-refractivity contribution in [3.8, 4) is 0 Å². The minimum atomic E-state index is -0.463. The van der Waals surface area contributed by atoms with Crippen LogP contribution < -0.4 is 5.32 Å². The molecule has 1 aliphatic heterocycles. The molecule has 1 saturated heterocycles. The molecule has 1 aromatic heterocycles. The predicted octanol–water partition coefficient (Wildman–Crippen LogP) is 3.35. The van der Waals surface area contributed by atoms with E-state index >= 15 is 0 Å². The molecular weight excluding hydrogens is 356 g/mol. The van der Waals surface area contributed by atoms with Gasteiger partial charge in [-0.1, -0.05) is 17.8 Å². The SMILES string of the molecule is Cc1ccc(NC(=O)CC2SC(=Nc3nccs3)N(C)C2=O)cc1C. The van der Waals surface area contributed by atoms with Gasteiger partial charge in [-0.15, -0.1) is 11.3 Å². The van der Waals surface area contributed by atoms with Crippen LogP contribution in [0.25, 0.3) is 0 Å². The first-order chi connectivity index (χ1) is 11.9. The van der Waals surface area contributed by atoms with Crippen molar-refractivity contribution in [3.05, 3.63) is 40.9 Å². The fraction of sp³-hybridized carbons (Fsp3) is 0.294. The van der Waals surface area contributed by atoms with Gasteiger partial charge < -0.3 is 5.32 Å². The summed E-state index contributed by atoms with van der Waals surface area (Å²) >= 11 is 2.71. The number of aromatic nitrogens is 1. The maximum Gasteiger partial charge on any atom is 0.242 e. The average Bonchev–Trinajstić information content (AvgIpc) is 3.16. The number of amides is 2. The second-order valence-corrected chi connectivity index (χ2v) is 7.81. The van der Waals surface area contributed by atoms with Gasteiger partial charge in [-0.05, 0) is 37.1 Å². The maximum atomic E-state index is 12.4. The molecule has 1 fully saturated rings. The smallest absolute Gasteiger partial charge is 0.242 e. The van der Waals surface area contributed by atoms with Crippen LogP contribution in [0.1, 0.15) is 17.5 Å². The van der Waals surface area contributed by atoms with E-state index in [0.717, 1.165) is 11.3 Å².